The van der Waals surface area contributed by atoms with E-state index in [1.54, 1.807) is 0 Å². The average molecular weight is 120 g/mol. The van der Waals surface area contributed by atoms with E-state index in [4.69, 9.17) is 0 Å². The molecule has 0 nitrogen and oxygen atoms in total. The molecule has 0 unspecified atom stereocenters. The van der Waals surface area contributed by atoms with Gasteiger partial charge in [0.2, 0.25) is 0 Å². The standard InChI is InChI=1S/C3H5Se/c4-3-1-2-3/h3H,1-2H2. The first kappa shape index (κ1) is 2.74. The molecule has 0 N–H and O–H groups in total. The summed E-state index contributed by atoms with van der Waals surface area (Å²) in [6.07, 6.45) is 2.86. The van der Waals surface area contributed by atoms with E-state index in [0.717, 1.165) is 4.82 Å². The second kappa shape index (κ2) is 0.733. The van der Waals surface area contributed by atoms with Gasteiger partial charge in [-0.3, -0.25) is 0 Å². The molecule has 1 heteroatoms. The van der Waals surface area contributed by atoms with Gasteiger partial charge in [0.05, 0.1) is 0 Å². The van der Waals surface area contributed by atoms with E-state index in [9.17, 15) is 0 Å². The fraction of sp³-hybridized carbons (Fsp3) is 1.00. The summed E-state index contributed by atoms with van der Waals surface area (Å²) < 4.78 is 0. The third kappa shape index (κ3) is 0.470. The molecule has 0 spiro atoms. The van der Waals surface area contributed by atoms with Crippen LogP contribution in [0.15, 0.2) is 0 Å². The minimum atomic E-state index is 0.958. The third-order valence-corrected chi connectivity index (χ3v) is 1.51. The van der Waals surface area contributed by atoms with Gasteiger partial charge in [-0.05, 0) is 0 Å². The molecule has 0 aromatic carbocycles. The fourth-order valence-corrected chi connectivity index (χ4v) is 0.354. The van der Waals surface area contributed by atoms with Crippen LogP contribution in [0.4, 0.5) is 0 Å². The van der Waals surface area contributed by atoms with Crippen molar-refractivity contribution in [1.29, 1.82) is 0 Å². The first-order chi connectivity index (χ1) is 1.89. The second-order valence-corrected chi connectivity index (χ2v) is 2.60. The van der Waals surface area contributed by atoms with Crippen molar-refractivity contribution >= 4 is 16.0 Å². The SMILES string of the molecule is [Se]C1CC1. The van der Waals surface area contributed by atoms with Crippen molar-refractivity contribution in [2.45, 2.75) is 17.7 Å². The van der Waals surface area contributed by atoms with Gasteiger partial charge in [0.25, 0.3) is 0 Å². The van der Waals surface area contributed by atoms with Crippen molar-refractivity contribution in [1.82, 2.24) is 0 Å². The Morgan fingerprint density at radius 3 is 1.75 bits per heavy atom. The Morgan fingerprint density at radius 1 is 1.50 bits per heavy atom. The summed E-state index contributed by atoms with van der Waals surface area (Å²) in [5.74, 6) is 0. The van der Waals surface area contributed by atoms with Gasteiger partial charge in [-0.25, -0.2) is 0 Å². The molecule has 4 heavy (non-hydrogen) atoms. The van der Waals surface area contributed by atoms with Crippen LogP contribution in [0.5, 0.6) is 0 Å². The predicted molar refractivity (Wildman–Crippen MR) is 18.7 cm³/mol. The molecule has 0 aromatic rings. The second-order valence-electron chi connectivity index (χ2n) is 1.20. The van der Waals surface area contributed by atoms with E-state index in [2.05, 4.69) is 16.0 Å². The summed E-state index contributed by atoms with van der Waals surface area (Å²) in [4.78, 5) is 0.958. The van der Waals surface area contributed by atoms with Gasteiger partial charge in [-0.15, -0.1) is 0 Å². The Hall–Kier alpha value is 0.519. The summed E-state index contributed by atoms with van der Waals surface area (Å²) in [5.41, 5.74) is 0. The molecular formula is C3H5Se. The molecule has 0 saturated heterocycles. The van der Waals surface area contributed by atoms with E-state index >= 15 is 0 Å². The van der Waals surface area contributed by atoms with Crippen molar-refractivity contribution in [3.05, 3.63) is 0 Å². The quantitative estimate of drug-likeness (QED) is 0.413. The van der Waals surface area contributed by atoms with Crippen LogP contribution in [0, 0.1) is 0 Å². The van der Waals surface area contributed by atoms with Gasteiger partial charge in [0.15, 0.2) is 0 Å². The molecular weight excluding hydrogens is 115 g/mol. The molecule has 1 aliphatic rings. The number of hydrogen-bond acceptors (Lipinski definition) is 0. The molecule has 1 saturated carbocycles. The summed E-state index contributed by atoms with van der Waals surface area (Å²) >= 11 is 3.01. The zero-order chi connectivity index (χ0) is 2.99. The Bertz CT molecular complexity index is 22.5. The maximum absolute atomic E-state index is 3.01. The van der Waals surface area contributed by atoms with Crippen LogP contribution >= 0.6 is 0 Å². The molecule has 23 valence electrons. The maximum atomic E-state index is 3.01. The molecule has 0 aliphatic heterocycles. The normalized spacial score (nSPS) is 26.2. The molecule has 1 rings (SSSR count). The van der Waals surface area contributed by atoms with Crippen LogP contribution in [-0.4, -0.2) is 16.0 Å². The molecule has 1 aliphatic carbocycles. The minimum absolute atomic E-state index is 0.958. The first-order valence-corrected chi connectivity index (χ1v) is 2.54. The van der Waals surface area contributed by atoms with Crippen molar-refractivity contribution in [2.75, 3.05) is 0 Å². The van der Waals surface area contributed by atoms with E-state index < -0.39 is 0 Å². The molecule has 0 heterocycles. The fourth-order valence-electron chi connectivity index (χ4n) is 0.0680. The topological polar surface area (TPSA) is 0 Å². The monoisotopic (exact) mass is 121 g/mol. The molecule has 0 amide bonds. The zero-order valence-electron chi connectivity index (χ0n) is 2.40. The third-order valence-electron chi connectivity index (χ3n) is 0.524. The van der Waals surface area contributed by atoms with Crippen LogP contribution in [0.2, 0.25) is 4.82 Å². The van der Waals surface area contributed by atoms with E-state index in [0.29, 0.717) is 0 Å². The van der Waals surface area contributed by atoms with Crippen LogP contribution < -0.4 is 0 Å². The zero-order valence-corrected chi connectivity index (χ0v) is 4.11. The Kier molecular flexibility index (Phi) is 0.502. The predicted octanol–water partition coefficient (Wildman–Crippen LogP) is 0.737. The van der Waals surface area contributed by atoms with E-state index in [1.165, 1.54) is 12.8 Å². The van der Waals surface area contributed by atoms with Crippen molar-refractivity contribution in [3.8, 4) is 0 Å². The Balaban J connectivity index is 2.17. The summed E-state index contributed by atoms with van der Waals surface area (Å²) in [6, 6.07) is 0. The molecule has 0 aromatic heterocycles. The van der Waals surface area contributed by atoms with Gasteiger partial charge in [0, 0.05) is 0 Å². The molecule has 0 bridgehead atoms. The Labute approximate surface area is 34.4 Å². The van der Waals surface area contributed by atoms with Crippen molar-refractivity contribution in [2.24, 2.45) is 0 Å². The average Bonchev–Trinajstić information content (AvgIpc) is 1.75. The van der Waals surface area contributed by atoms with Gasteiger partial charge >= 0.3 is 33.7 Å². The first-order valence-electron chi connectivity index (χ1n) is 1.55. The van der Waals surface area contributed by atoms with E-state index in [-0.39, 0.29) is 0 Å². The summed E-state index contributed by atoms with van der Waals surface area (Å²) in [6.45, 7) is 0. The Morgan fingerprint density at radius 2 is 1.75 bits per heavy atom. The van der Waals surface area contributed by atoms with E-state index in [1.807, 2.05) is 0 Å². The van der Waals surface area contributed by atoms with Crippen LogP contribution in [-0.2, 0) is 0 Å². The van der Waals surface area contributed by atoms with Crippen molar-refractivity contribution < 1.29 is 0 Å². The van der Waals surface area contributed by atoms with Gasteiger partial charge in [-0.2, -0.15) is 0 Å². The number of rotatable bonds is 0. The van der Waals surface area contributed by atoms with Crippen LogP contribution in [0.1, 0.15) is 12.8 Å². The van der Waals surface area contributed by atoms with Crippen LogP contribution in [0.25, 0.3) is 0 Å². The van der Waals surface area contributed by atoms with Gasteiger partial charge in [-0.1, -0.05) is 0 Å². The van der Waals surface area contributed by atoms with Crippen molar-refractivity contribution in [3.63, 3.8) is 0 Å². The molecule has 0 atom stereocenters. The molecule has 1 radical (unpaired) electrons. The van der Waals surface area contributed by atoms with Gasteiger partial charge in [0.1, 0.15) is 0 Å². The summed E-state index contributed by atoms with van der Waals surface area (Å²) in [7, 11) is 0. The molecule has 1 fully saturated rings. The number of hydrogen-bond donors (Lipinski definition) is 0. The van der Waals surface area contributed by atoms with Gasteiger partial charge < -0.3 is 0 Å². The summed E-state index contributed by atoms with van der Waals surface area (Å²) in [5, 5.41) is 0. The van der Waals surface area contributed by atoms with Crippen LogP contribution in [0.3, 0.4) is 0 Å².